The third-order valence-corrected chi connectivity index (χ3v) is 3.55. The normalized spacial score (nSPS) is 15.1. The first-order chi connectivity index (χ1) is 9.88. The first-order valence-corrected chi connectivity index (χ1v) is 7.01. The molecule has 0 saturated heterocycles. The smallest absolute Gasteiger partial charge is 0.315 e. The number of urea groups is 1. The molecule has 0 bridgehead atoms. The summed E-state index contributed by atoms with van der Waals surface area (Å²) in [4.78, 5) is 11.9. The topological polar surface area (TPSA) is 61.4 Å². The van der Waals surface area contributed by atoms with Gasteiger partial charge in [0.25, 0.3) is 0 Å². The number of carbonyl (C=O) groups excluding carboxylic acids is 1. The number of rotatable bonds is 6. The molecule has 0 radical (unpaired) electrons. The Hall–Kier alpha value is -1.69. The highest BCUT2D eigenvalue weighted by molar-refractivity contribution is 5.74. The summed E-state index contributed by atoms with van der Waals surface area (Å²) in [6, 6.07) is 1.85. The molecule has 0 saturated carbocycles. The number of halogens is 2. The van der Waals surface area contributed by atoms with Crippen LogP contribution >= 0.6 is 0 Å². The van der Waals surface area contributed by atoms with Crippen molar-refractivity contribution in [2.75, 3.05) is 6.61 Å². The van der Waals surface area contributed by atoms with E-state index >= 15 is 0 Å². The van der Waals surface area contributed by atoms with Crippen LogP contribution < -0.4 is 10.6 Å². The molecule has 3 unspecified atom stereocenters. The third-order valence-electron chi connectivity index (χ3n) is 3.55. The van der Waals surface area contributed by atoms with Crippen LogP contribution in [0.4, 0.5) is 13.6 Å². The van der Waals surface area contributed by atoms with Crippen LogP contribution in [0.25, 0.3) is 0 Å². The molecule has 21 heavy (non-hydrogen) atoms. The lowest BCUT2D eigenvalue weighted by Gasteiger charge is -2.23. The molecule has 0 aliphatic rings. The molecule has 1 rings (SSSR count). The van der Waals surface area contributed by atoms with Crippen LogP contribution in [0.2, 0.25) is 0 Å². The summed E-state index contributed by atoms with van der Waals surface area (Å²) in [5, 5.41) is 14.3. The van der Waals surface area contributed by atoms with Gasteiger partial charge in [-0.2, -0.15) is 0 Å². The van der Waals surface area contributed by atoms with E-state index in [9.17, 15) is 13.6 Å². The minimum absolute atomic E-state index is 0.0445. The second kappa shape index (κ2) is 7.93. The Morgan fingerprint density at radius 3 is 2.52 bits per heavy atom. The number of aliphatic hydroxyl groups excluding tert-OH is 1. The van der Waals surface area contributed by atoms with Crippen LogP contribution in [-0.4, -0.2) is 23.8 Å². The molecule has 4 nitrogen and oxygen atoms in total. The molecule has 118 valence electrons. The van der Waals surface area contributed by atoms with Crippen LogP contribution in [0.3, 0.4) is 0 Å². The van der Waals surface area contributed by atoms with Gasteiger partial charge in [0.2, 0.25) is 0 Å². The average Bonchev–Trinajstić information content (AvgIpc) is 2.46. The first-order valence-electron chi connectivity index (χ1n) is 7.01. The molecule has 0 aromatic heterocycles. The van der Waals surface area contributed by atoms with Gasteiger partial charge in [0.1, 0.15) is 11.6 Å². The lowest BCUT2D eigenvalue weighted by molar-refractivity contribution is 0.199. The maximum absolute atomic E-state index is 13.7. The summed E-state index contributed by atoms with van der Waals surface area (Å²) >= 11 is 0. The molecule has 2 amide bonds. The summed E-state index contributed by atoms with van der Waals surface area (Å²) in [5.74, 6) is -1.20. The Morgan fingerprint density at radius 2 is 1.95 bits per heavy atom. The largest absolute Gasteiger partial charge is 0.396 e. The van der Waals surface area contributed by atoms with Crippen LogP contribution in [-0.2, 0) is 0 Å². The van der Waals surface area contributed by atoms with Gasteiger partial charge in [0, 0.05) is 18.2 Å². The van der Waals surface area contributed by atoms with Crippen molar-refractivity contribution >= 4 is 6.03 Å². The molecule has 0 spiro atoms. The molecule has 0 fully saturated rings. The van der Waals surface area contributed by atoms with Crippen molar-refractivity contribution in [1.82, 2.24) is 10.6 Å². The van der Waals surface area contributed by atoms with Crippen molar-refractivity contribution in [2.24, 2.45) is 5.92 Å². The Labute approximate surface area is 123 Å². The van der Waals surface area contributed by atoms with Gasteiger partial charge in [0.05, 0.1) is 6.04 Å². The Balaban J connectivity index is 2.74. The lowest BCUT2D eigenvalue weighted by atomic mass is 10.0. The van der Waals surface area contributed by atoms with E-state index in [-0.39, 0.29) is 24.1 Å². The lowest BCUT2D eigenvalue weighted by Crippen LogP contribution is -2.45. The van der Waals surface area contributed by atoms with E-state index in [4.69, 9.17) is 5.11 Å². The minimum atomic E-state index is -0.614. The first kappa shape index (κ1) is 17.4. The van der Waals surface area contributed by atoms with Gasteiger partial charge in [-0.25, -0.2) is 13.6 Å². The molecule has 1 aromatic carbocycles. The molecule has 3 N–H and O–H groups in total. The van der Waals surface area contributed by atoms with Crippen LogP contribution in [0.1, 0.15) is 38.8 Å². The van der Waals surface area contributed by atoms with E-state index < -0.39 is 23.7 Å². The number of benzene rings is 1. The average molecular weight is 300 g/mol. The van der Waals surface area contributed by atoms with Gasteiger partial charge in [-0.3, -0.25) is 0 Å². The maximum atomic E-state index is 13.7. The summed E-state index contributed by atoms with van der Waals surface area (Å²) < 4.78 is 27.0. The minimum Gasteiger partial charge on any atom is -0.396 e. The summed E-state index contributed by atoms with van der Waals surface area (Å²) in [7, 11) is 0. The van der Waals surface area contributed by atoms with E-state index in [0.29, 0.717) is 6.42 Å². The Bertz CT molecular complexity index is 483. The van der Waals surface area contributed by atoms with E-state index in [1.807, 2.05) is 0 Å². The number of hydrogen-bond acceptors (Lipinski definition) is 2. The van der Waals surface area contributed by atoms with E-state index in [2.05, 4.69) is 10.6 Å². The number of amides is 2. The Morgan fingerprint density at radius 1 is 1.29 bits per heavy atom. The fraction of sp³-hybridized carbons (Fsp3) is 0.533. The second-order valence-electron chi connectivity index (χ2n) is 5.19. The molecule has 0 aliphatic carbocycles. The molecular weight excluding hydrogens is 278 g/mol. The van der Waals surface area contributed by atoms with Gasteiger partial charge in [-0.1, -0.05) is 13.8 Å². The van der Waals surface area contributed by atoms with Crippen LogP contribution in [0.5, 0.6) is 0 Å². The summed E-state index contributed by atoms with van der Waals surface area (Å²) in [6.45, 7) is 5.30. The van der Waals surface area contributed by atoms with E-state index in [0.717, 1.165) is 18.2 Å². The van der Waals surface area contributed by atoms with Crippen LogP contribution in [0, 0.1) is 17.6 Å². The molecular formula is C15H22F2N2O2. The van der Waals surface area contributed by atoms with Gasteiger partial charge in [-0.15, -0.1) is 0 Å². The Kier molecular flexibility index (Phi) is 6.55. The molecule has 0 heterocycles. The van der Waals surface area contributed by atoms with Crippen LogP contribution in [0.15, 0.2) is 18.2 Å². The highest BCUT2D eigenvalue weighted by Crippen LogP contribution is 2.21. The summed E-state index contributed by atoms with van der Waals surface area (Å²) in [6.07, 6.45) is 0.428. The van der Waals surface area contributed by atoms with Crippen molar-refractivity contribution in [1.29, 1.82) is 0 Å². The number of nitrogens with one attached hydrogen (secondary N) is 2. The van der Waals surface area contributed by atoms with E-state index in [1.165, 1.54) is 0 Å². The van der Waals surface area contributed by atoms with Crippen molar-refractivity contribution in [3.05, 3.63) is 35.4 Å². The third kappa shape index (κ3) is 4.97. The number of aliphatic hydroxyl groups is 1. The fourth-order valence-corrected chi connectivity index (χ4v) is 1.89. The fourth-order valence-electron chi connectivity index (χ4n) is 1.89. The second-order valence-corrected chi connectivity index (χ2v) is 5.19. The van der Waals surface area contributed by atoms with Gasteiger partial charge in [-0.05, 0) is 37.5 Å². The molecule has 1 aromatic rings. The van der Waals surface area contributed by atoms with Crippen molar-refractivity contribution in [3.8, 4) is 0 Å². The predicted octanol–water partition coefficient (Wildman–Crippen LogP) is 2.73. The van der Waals surface area contributed by atoms with Crippen molar-refractivity contribution in [3.63, 3.8) is 0 Å². The molecule has 6 heteroatoms. The summed E-state index contributed by atoms with van der Waals surface area (Å²) in [5.41, 5.74) is 0.121. The van der Waals surface area contributed by atoms with Crippen molar-refractivity contribution in [2.45, 2.75) is 39.3 Å². The zero-order valence-corrected chi connectivity index (χ0v) is 12.5. The van der Waals surface area contributed by atoms with E-state index in [1.54, 1.807) is 20.8 Å². The SMILES string of the molecule is CCC(NC(=O)NC(C)C(C)CO)c1cc(F)ccc1F. The molecule has 0 aliphatic heterocycles. The number of carbonyl (C=O) groups is 1. The zero-order valence-electron chi connectivity index (χ0n) is 12.5. The monoisotopic (exact) mass is 300 g/mol. The van der Waals surface area contributed by atoms with Gasteiger partial charge in [0.15, 0.2) is 0 Å². The predicted molar refractivity (Wildman–Crippen MR) is 76.8 cm³/mol. The zero-order chi connectivity index (χ0) is 16.0. The quantitative estimate of drug-likeness (QED) is 0.756. The standard InChI is InChI=1S/C15H22F2N2O2/c1-4-14(12-7-11(16)5-6-13(12)17)19-15(21)18-10(3)9(2)8-20/h5-7,9-10,14,20H,4,8H2,1-3H3,(H2,18,19,21). The highest BCUT2D eigenvalue weighted by Gasteiger charge is 2.19. The molecule has 3 atom stereocenters. The van der Waals surface area contributed by atoms with Gasteiger partial charge < -0.3 is 15.7 Å². The van der Waals surface area contributed by atoms with Crippen molar-refractivity contribution < 1.29 is 18.7 Å². The number of hydrogen-bond donors (Lipinski definition) is 3. The maximum Gasteiger partial charge on any atom is 0.315 e. The highest BCUT2D eigenvalue weighted by atomic mass is 19.1. The van der Waals surface area contributed by atoms with Gasteiger partial charge >= 0.3 is 6.03 Å².